The van der Waals surface area contributed by atoms with Gasteiger partial charge in [-0.1, -0.05) is 11.6 Å². The fraction of sp³-hybridized carbons (Fsp3) is 0.100. The smallest absolute Gasteiger partial charge is 0.201 e. The maximum absolute atomic E-state index is 5.86. The number of hydrogen-bond donors (Lipinski definition) is 0. The van der Waals surface area contributed by atoms with Crippen molar-refractivity contribution in [2.75, 3.05) is 0 Å². The Labute approximate surface area is 76.2 Å². The lowest BCUT2D eigenvalue weighted by molar-refractivity contribution is -0.644. The summed E-state index contributed by atoms with van der Waals surface area (Å²) in [5.41, 5.74) is 1.20. The van der Waals surface area contributed by atoms with Crippen molar-refractivity contribution in [3.8, 4) is 0 Å². The van der Waals surface area contributed by atoms with Crippen molar-refractivity contribution >= 4 is 22.5 Å². The Kier molecular flexibility index (Phi) is 1.74. The molecule has 0 amide bonds. The van der Waals surface area contributed by atoms with Gasteiger partial charge >= 0.3 is 0 Å². The topological polar surface area (TPSA) is 3.88 Å². The maximum Gasteiger partial charge on any atom is 0.212 e. The van der Waals surface area contributed by atoms with E-state index in [0.717, 1.165) is 5.02 Å². The third kappa shape index (κ3) is 1.16. The lowest BCUT2D eigenvalue weighted by Gasteiger charge is -1.95. The Balaban J connectivity index is 2.86. The van der Waals surface area contributed by atoms with Gasteiger partial charge in [0.05, 0.1) is 0 Å². The van der Waals surface area contributed by atoms with Gasteiger partial charge in [-0.15, -0.1) is 0 Å². The lowest BCUT2D eigenvalue weighted by Crippen LogP contribution is -2.27. The lowest BCUT2D eigenvalue weighted by atomic mass is 10.2. The number of nitrogens with zero attached hydrogens (tertiary/aromatic N) is 1. The third-order valence-corrected chi connectivity index (χ3v) is 2.19. The van der Waals surface area contributed by atoms with Crippen LogP contribution in [0.2, 0.25) is 5.02 Å². The van der Waals surface area contributed by atoms with Crippen LogP contribution < -0.4 is 4.57 Å². The maximum atomic E-state index is 5.86. The molecule has 0 atom stereocenters. The number of benzene rings is 1. The average molecular weight is 179 g/mol. The van der Waals surface area contributed by atoms with E-state index >= 15 is 0 Å². The molecular formula is C10H9ClN+. The Morgan fingerprint density at radius 3 is 2.92 bits per heavy atom. The third-order valence-electron chi connectivity index (χ3n) is 1.96. The van der Waals surface area contributed by atoms with Crippen LogP contribution in [0.4, 0.5) is 0 Å². The molecule has 0 fully saturated rings. The van der Waals surface area contributed by atoms with Gasteiger partial charge in [0.15, 0.2) is 6.20 Å². The normalized spacial score (nSPS) is 10.5. The van der Waals surface area contributed by atoms with Crippen molar-refractivity contribution in [2.24, 2.45) is 7.05 Å². The number of aromatic nitrogens is 1. The molecule has 1 aromatic carbocycles. The molecule has 60 valence electrons. The highest BCUT2D eigenvalue weighted by Crippen LogP contribution is 2.15. The van der Waals surface area contributed by atoms with E-state index in [1.165, 1.54) is 10.9 Å². The van der Waals surface area contributed by atoms with Crippen molar-refractivity contribution in [2.45, 2.75) is 0 Å². The molecule has 0 aliphatic carbocycles. The van der Waals surface area contributed by atoms with Gasteiger partial charge in [0, 0.05) is 22.5 Å². The first-order valence-corrected chi connectivity index (χ1v) is 4.19. The first kappa shape index (κ1) is 7.56. The molecular weight excluding hydrogens is 170 g/mol. The van der Waals surface area contributed by atoms with Crippen molar-refractivity contribution in [3.63, 3.8) is 0 Å². The number of halogens is 1. The first-order chi connectivity index (χ1) is 5.77. The monoisotopic (exact) mass is 178 g/mol. The van der Waals surface area contributed by atoms with Crippen LogP contribution >= 0.6 is 11.6 Å². The minimum absolute atomic E-state index is 0.786. The standard InChI is InChI=1S/C10H9ClN/c1-12-6-2-3-8-7-9(11)4-5-10(8)12/h2-7H,1H3/q+1. The molecule has 0 radical (unpaired) electrons. The van der Waals surface area contributed by atoms with Gasteiger partial charge in [-0.3, -0.25) is 0 Å². The van der Waals surface area contributed by atoms with E-state index in [4.69, 9.17) is 11.6 Å². The molecule has 2 heteroatoms. The zero-order chi connectivity index (χ0) is 8.55. The zero-order valence-corrected chi connectivity index (χ0v) is 7.55. The van der Waals surface area contributed by atoms with Crippen LogP contribution in [0.3, 0.4) is 0 Å². The summed E-state index contributed by atoms with van der Waals surface area (Å²) in [7, 11) is 2.02. The van der Waals surface area contributed by atoms with E-state index in [1.54, 1.807) is 0 Å². The highest BCUT2D eigenvalue weighted by atomic mass is 35.5. The molecule has 1 heterocycles. The molecule has 0 saturated heterocycles. The number of fused-ring (bicyclic) bond motifs is 1. The number of rotatable bonds is 0. The van der Waals surface area contributed by atoms with Crippen LogP contribution in [-0.4, -0.2) is 0 Å². The van der Waals surface area contributed by atoms with E-state index in [9.17, 15) is 0 Å². The molecule has 1 nitrogen and oxygen atoms in total. The molecule has 12 heavy (non-hydrogen) atoms. The van der Waals surface area contributed by atoms with Crippen LogP contribution in [0.15, 0.2) is 36.5 Å². The van der Waals surface area contributed by atoms with Gasteiger partial charge in [0.25, 0.3) is 0 Å². The quantitative estimate of drug-likeness (QED) is 0.546. The van der Waals surface area contributed by atoms with Crippen LogP contribution in [0.1, 0.15) is 0 Å². The molecule has 0 spiro atoms. The Bertz CT molecular complexity index is 423. The number of hydrogen-bond acceptors (Lipinski definition) is 0. The molecule has 0 unspecified atom stereocenters. The number of aryl methyl sites for hydroxylation is 1. The van der Waals surface area contributed by atoms with Gasteiger partial charge in [0.2, 0.25) is 5.52 Å². The fourth-order valence-corrected chi connectivity index (χ4v) is 1.52. The van der Waals surface area contributed by atoms with Gasteiger partial charge < -0.3 is 0 Å². The highest BCUT2D eigenvalue weighted by Gasteiger charge is 2.02. The average Bonchev–Trinajstić information content (AvgIpc) is 2.04. The summed E-state index contributed by atoms with van der Waals surface area (Å²) in [6.45, 7) is 0. The van der Waals surface area contributed by atoms with Gasteiger partial charge in [-0.2, -0.15) is 0 Å². The molecule has 0 aliphatic heterocycles. The zero-order valence-electron chi connectivity index (χ0n) is 6.79. The first-order valence-electron chi connectivity index (χ1n) is 3.81. The Morgan fingerprint density at radius 2 is 2.08 bits per heavy atom. The van der Waals surface area contributed by atoms with Gasteiger partial charge in [0.1, 0.15) is 7.05 Å². The molecule has 0 bridgehead atoms. The van der Waals surface area contributed by atoms with E-state index in [-0.39, 0.29) is 0 Å². The predicted octanol–water partition coefficient (Wildman–Crippen LogP) is 2.32. The summed E-state index contributed by atoms with van der Waals surface area (Å²) in [5.74, 6) is 0. The predicted molar refractivity (Wildman–Crippen MR) is 50.1 cm³/mol. The van der Waals surface area contributed by atoms with Gasteiger partial charge in [-0.05, 0) is 18.2 Å². The molecule has 1 aromatic heterocycles. The van der Waals surface area contributed by atoms with Crippen molar-refractivity contribution < 1.29 is 4.57 Å². The van der Waals surface area contributed by atoms with Crippen LogP contribution in [0.5, 0.6) is 0 Å². The van der Waals surface area contributed by atoms with Crippen molar-refractivity contribution in [3.05, 3.63) is 41.6 Å². The summed E-state index contributed by atoms with van der Waals surface area (Å²) in [6, 6.07) is 9.97. The molecule has 2 rings (SSSR count). The molecule has 0 saturated carbocycles. The van der Waals surface area contributed by atoms with Gasteiger partial charge in [-0.25, -0.2) is 4.57 Å². The van der Waals surface area contributed by atoms with Crippen LogP contribution in [0.25, 0.3) is 10.9 Å². The summed E-state index contributed by atoms with van der Waals surface area (Å²) >= 11 is 5.86. The Morgan fingerprint density at radius 1 is 1.25 bits per heavy atom. The highest BCUT2D eigenvalue weighted by molar-refractivity contribution is 6.31. The second kappa shape index (κ2) is 2.76. The van der Waals surface area contributed by atoms with E-state index in [1.807, 2.05) is 37.5 Å². The second-order valence-corrected chi connectivity index (χ2v) is 3.26. The Hall–Kier alpha value is -1.08. The van der Waals surface area contributed by atoms with E-state index < -0.39 is 0 Å². The van der Waals surface area contributed by atoms with Crippen LogP contribution in [-0.2, 0) is 7.05 Å². The summed E-state index contributed by atoms with van der Waals surface area (Å²) < 4.78 is 2.08. The fourth-order valence-electron chi connectivity index (χ4n) is 1.34. The summed E-state index contributed by atoms with van der Waals surface area (Å²) in [6.07, 6.45) is 2.02. The van der Waals surface area contributed by atoms with Crippen molar-refractivity contribution in [1.82, 2.24) is 0 Å². The molecule has 0 aliphatic rings. The van der Waals surface area contributed by atoms with Crippen molar-refractivity contribution in [1.29, 1.82) is 0 Å². The van der Waals surface area contributed by atoms with E-state index in [0.29, 0.717) is 0 Å². The van der Waals surface area contributed by atoms with E-state index in [2.05, 4.69) is 10.6 Å². The summed E-state index contributed by atoms with van der Waals surface area (Å²) in [4.78, 5) is 0. The molecule has 2 aromatic rings. The SMILES string of the molecule is C[n+]1cccc2cc(Cl)ccc21. The second-order valence-electron chi connectivity index (χ2n) is 2.82. The minimum Gasteiger partial charge on any atom is -0.201 e. The van der Waals surface area contributed by atoms with Crippen LogP contribution in [0, 0.1) is 0 Å². The largest absolute Gasteiger partial charge is 0.212 e. The minimum atomic E-state index is 0.786. The summed E-state index contributed by atoms with van der Waals surface area (Å²) in [5, 5.41) is 1.96. The number of pyridine rings is 1. The molecule has 0 N–H and O–H groups in total.